The van der Waals surface area contributed by atoms with E-state index in [1.54, 1.807) is 11.0 Å². The fraction of sp³-hybridized carbons (Fsp3) is 0.727. The van der Waals surface area contributed by atoms with E-state index >= 15 is 0 Å². The molecule has 0 aromatic carbocycles. The standard InChI is InChI=1S/C11H21N5O/c1-9(2)11(3,6-12)15-10(17)4-5-16-8-13-7-14-16/h7-9H,4-6,12H2,1-3H3,(H,15,17). The Morgan fingerprint density at radius 3 is 2.76 bits per heavy atom. The van der Waals surface area contributed by atoms with Gasteiger partial charge in [-0.3, -0.25) is 9.48 Å². The summed E-state index contributed by atoms with van der Waals surface area (Å²) in [5.41, 5.74) is 5.36. The Morgan fingerprint density at radius 1 is 1.59 bits per heavy atom. The van der Waals surface area contributed by atoms with Crippen molar-refractivity contribution >= 4 is 5.91 Å². The second-order valence-corrected chi connectivity index (χ2v) is 4.73. The van der Waals surface area contributed by atoms with Crippen molar-refractivity contribution in [1.82, 2.24) is 20.1 Å². The smallest absolute Gasteiger partial charge is 0.222 e. The summed E-state index contributed by atoms with van der Waals surface area (Å²) in [7, 11) is 0. The lowest BCUT2D eigenvalue weighted by molar-refractivity contribution is -0.123. The van der Waals surface area contributed by atoms with Crippen LogP contribution in [0.4, 0.5) is 0 Å². The van der Waals surface area contributed by atoms with Gasteiger partial charge >= 0.3 is 0 Å². The summed E-state index contributed by atoms with van der Waals surface area (Å²) in [5, 5.41) is 6.92. The Labute approximate surface area is 102 Å². The summed E-state index contributed by atoms with van der Waals surface area (Å²) in [6, 6.07) is 0. The maximum atomic E-state index is 11.8. The molecule has 1 rings (SSSR count). The zero-order valence-corrected chi connectivity index (χ0v) is 10.7. The van der Waals surface area contributed by atoms with Crippen LogP contribution in [0.2, 0.25) is 0 Å². The van der Waals surface area contributed by atoms with E-state index in [4.69, 9.17) is 5.73 Å². The molecule has 1 aromatic heterocycles. The van der Waals surface area contributed by atoms with E-state index in [9.17, 15) is 4.79 Å². The van der Waals surface area contributed by atoms with Crippen LogP contribution in [0.5, 0.6) is 0 Å². The molecule has 0 aliphatic carbocycles. The van der Waals surface area contributed by atoms with E-state index in [-0.39, 0.29) is 11.4 Å². The number of nitrogens with one attached hydrogen (secondary N) is 1. The van der Waals surface area contributed by atoms with Crippen molar-refractivity contribution in [2.45, 2.75) is 39.3 Å². The number of carbonyl (C=O) groups is 1. The first-order chi connectivity index (χ1) is 7.98. The molecule has 0 aliphatic rings. The molecule has 1 heterocycles. The molecule has 1 unspecified atom stereocenters. The van der Waals surface area contributed by atoms with Gasteiger partial charge < -0.3 is 11.1 Å². The van der Waals surface area contributed by atoms with Crippen LogP contribution < -0.4 is 11.1 Å². The zero-order valence-electron chi connectivity index (χ0n) is 10.7. The highest BCUT2D eigenvalue weighted by molar-refractivity contribution is 5.76. The number of amides is 1. The van der Waals surface area contributed by atoms with Crippen molar-refractivity contribution in [3.63, 3.8) is 0 Å². The van der Waals surface area contributed by atoms with Gasteiger partial charge in [0.1, 0.15) is 12.7 Å². The Balaban J connectivity index is 2.43. The molecule has 0 fully saturated rings. The van der Waals surface area contributed by atoms with Gasteiger partial charge in [-0.15, -0.1) is 0 Å². The predicted octanol–water partition coefficient (Wildman–Crippen LogP) is 0.158. The lowest BCUT2D eigenvalue weighted by Gasteiger charge is -2.33. The molecule has 1 amide bonds. The van der Waals surface area contributed by atoms with Crippen LogP contribution in [0.3, 0.4) is 0 Å². The molecular weight excluding hydrogens is 218 g/mol. The third-order valence-electron chi connectivity index (χ3n) is 3.16. The zero-order chi connectivity index (χ0) is 12.9. The van der Waals surface area contributed by atoms with Crippen LogP contribution in [-0.2, 0) is 11.3 Å². The molecule has 0 saturated carbocycles. The van der Waals surface area contributed by atoms with Gasteiger partial charge in [-0.1, -0.05) is 13.8 Å². The quantitative estimate of drug-likeness (QED) is 0.740. The van der Waals surface area contributed by atoms with E-state index in [0.29, 0.717) is 25.4 Å². The van der Waals surface area contributed by atoms with E-state index in [1.165, 1.54) is 6.33 Å². The Morgan fingerprint density at radius 2 is 2.29 bits per heavy atom. The minimum absolute atomic E-state index is 0.0119. The number of hydrogen-bond donors (Lipinski definition) is 2. The number of nitrogens with two attached hydrogens (primary N) is 1. The van der Waals surface area contributed by atoms with Gasteiger partial charge in [0, 0.05) is 13.0 Å². The number of rotatable bonds is 6. The van der Waals surface area contributed by atoms with Crippen LogP contribution >= 0.6 is 0 Å². The van der Waals surface area contributed by atoms with Gasteiger partial charge in [0.25, 0.3) is 0 Å². The number of carbonyl (C=O) groups excluding carboxylic acids is 1. The molecule has 6 heteroatoms. The molecule has 0 aliphatic heterocycles. The second-order valence-electron chi connectivity index (χ2n) is 4.73. The molecule has 1 aromatic rings. The molecule has 0 bridgehead atoms. The third kappa shape index (κ3) is 3.81. The predicted molar refractivity (Wildman–Crippen MR) is 65.1 cm³/mol. The van der Waals surface area contributed by atoms with Crippen molar-refractivity contribution < 1.29 is 4.79 Å². The SMILES string of the molecule is CC(C)C(C)(CN)NC(=O)CCn1cncn1. The molecular formula is C11H21N5O. The number of aromatic nitrogens is 3. The van der Waals surface area contributed by atoms with Crippen LogP contribution in [0.15, 0.2) is 12.7 Å². The Hall–Kier alpha value is -1.43. The van der Waals surface area contributed by atoms with Crippen LogP contribution in [0, 0.1) is 5.92 Å². The average Bonchev–Trinajstić information content (AvgIpc) is 2.78. The van der Waals surface area contributed by atoms with Crippen molar-refractivity contribution in [3.8, 4) is 0 Å². The van der Waals surface area contributed by atoms with Crippen molar-refractivity contribution in [2.75, 3.05) is 6.54 Å². The van der Waals surface area contributed by atoms with E-state index in [2.05, 4.69) is 15.4 Å². The molecule has 17 heavy (non-hydrogen) atoms. The topological polar surface area (TPSA) is 85.8 Å². The van der Waals surface area contributed by atoms with E-state index in [1.807, 2.05) is 20.8 Å². The lowest BCUT2D eigenvalue weighted by atomic mass is 9.88. The van der Waals surface area contributed by atoms with E-state index < -0.39 is 0 Å². The highest BCUT2D eigenvalue weighted by Gasteiger charge is 2.28. The third-order valence-corrected chi connectivity index (χ3v) is 3.16. The highest BCUT2D eigenvalue weighted by Crippen LogP contribution is 2.14. The number of nitrogens with zero attached hydrogens (tertiary/aromatic N) is 3. The molecule has 3 N–H and O–H groups in total. The Kier molecular flexibility index (Phi) is 4.62. The van der Waals surface area contributed by atoms with Crippen LogP contribution in [0.25, 0.3) is 0 Å². The van der Waals surface area contributed by atoms with Gasteiger partial charge in [-0.25, -0.2) is 4.98 Å². The average molecular weight is 239 g/mol. The first kappa shape index (κ1) is 13.6. The van der Waals surface area contributed by atoms with E-state index in [0.717, 1.165) is 0 Å². The highest BCUT2D eigenvalue weighted by atomic mass is 16.1. The summed E-state index contributed by atoms with van der Waals surface area (Å²) in [6.45, 7) is 7.02. The summed E-state index contributed by atoms with van der Waals surface area (Å²) >= 11 is 0. The summed E-state index contributed by atoms with van der Waals surface area (Å²) in [6.07, 6.45) is 3.43. The monoisotopic (exact) mass is 239 g/mol. The fourth-order valence-electron chi connectivity index (χ4n) is 1.38. The van der Waals surface area contributed by atoms with Gasteiger partial charge in [0.15, 0.2) is 0 Å². The van der Waals surface area contributed by atoms with Crippen molar-refractivity contribution in [3.05, 3.63) is 12.7 Å². The van der Waals surface area contributed by atoms with Crippen molar-refractivity contribution in [1.29, 1.82) is 0 Å². The van der Waals surface area contributed by atoms with Gasteiger partial charge in [0.2, 0.25) is 5.91 Å². The molecule has 1 atom stereocenters. The number of hydrogen-bond acceptors (Lipinski definition) is 4. The maximum Gasteiger partial charge on any atom is 0.222 e. The van der Waals surface area contributed by atoms with Crippen LogP contribution in [0.1, 0.15) is 27.2 Å². The molecule has 0 radical (unpaired) electrons. The van der Waals surface area contributed by atoms with Crippen molar-refractivity contribution in [2.24, 2.45) is 11.7 Å². The summed E-state index contributed by atoms with van der Waals surface area (Å²) in [4.78, 5) is 15.6. The molecule has 96 valence electrons. The van der Waals surface area contributed by atoms with Gasteiger partial charge in [0.05, 0.1) is 12.1 Å². The molecule has 0 saturated heterocycles. The number of aryl methyl sites for hydroxylation is 1. The first-order valence-corrected chi connectivity index (χ1v) is 5.81. The first-order valence-electron chi connectivity index (χ1n) is 5.81. The fourth-order valence-corrected chi connectivity index (χ4v) is 1.38. The minimum Gasteiger partial charge on any atom is -0.349 e. The maximum absolute atomic E-state index is 11.8. The molecule has 0 spiro atoms. The van der Waals surface area contributed by atoms with Gasteiger partial charge in [-0.05, 0) is 12.8 Å². The normalized spacial score (nSPS) is 14.6. The second kappa shape index (κ2) is 5.77. The van der Waals surface area contributed by atoms with Crippen LogP contribution in [-0.4, -0.2) is 32.8 Å². The van der Waals surface area contributed by atoms with Gasteiger partial charge in [-0.2, -0.15) is 5.10 Å². The largest absolute Gasteiger partial charge is 0.349 e. The summed E-state index contributed by atoms with van der Waals surface area (Å²) < 4.78 is 1.63. The lowest BCUT2D eigenvalue weighted by Crippen LogP contribution is -2.55. The summed E-state index contributed by atoms with van der Waals surface area (Å²) in [5.74, 6) is 0.282. The minimum atomic E-state index is -0.348. The Bertz CT molecular complexity index is 349. The molecule has 6 nitrogen and oxygen atoms in total.